The SMILES string of the molecule is O=C(Cn1cc(C(=O)O)cn1)NC(c1ccccc1)C1CCCC1. The highest BCUT2D eigenvalue weighted by Gasteiger charge is 2.27. The molecule has 24 heavy (non-hydrogen) atoms. The van der Waals surface area contributed by atoms with Gasteiger partial charge in [0.25, 0.3) is 0 Å². The number of carboxylic acid groups (broad SMARTS) is 1. The molecule has 1 saturated carbocycles. The molecule has 0 radical (unpaired) electrons. The summed E-state index contributed by atoms with van der Waals surface area (Å²) in [6.07, 6.45) is 7.25. The van der Waals surface area contributed by atoms with Crippen LogP contribution in [0, 0.1) is 5.92 Å². The van der Waals surface area contributed by atoms with Crippen LogP contribution in [0.5, 0.6) is 0 Å². The summed E-state index contributed by atoms with van der Waals surface area (Å²) in [5, 5.41) is 16.0. The fraction of sp³-hybridized carbons (Fsp3) is 0.389. The number of benzene rings is 1. The summed E-state index contributed by atoms with van der Waals surface area (Å²) in [7, 11) is 0. The predicted molar refractivity (Wildman–Crippen MR) is 88.5 cm³/mol. The van der Waals surface area contributed by atoms with Crippen molar-refractivity contribution in [3.63, 3.8) is 0 Å². The monoisotopic (exact) mass is 327 g/mol. The van der Waals surface area contributed by atoms with Gasteiger partial charge in [0.15, 0.2) is 0 Å². The van der Waals surface area contributed by atoms with Gasteiger partial charge in [0.05, 0.1) is 17.8 Å². The Morgan fingerprint density at radius 1 is 1.25 bits per heavy atom. The van der Waals surface area contributed by atoms with E-state index in [1.165, 1.54) is 29.9 Å². The van der Waals surface area contributed by atoms with E-state index in [9.17, 15) is 9.59 Å². The van der Waals surface area contributed by atoms with Crippen LogP contribution in [0.2, 0.25) is 0 Å². The Balaban J connectivity index is 1.69. The summed E-state index contributed by atoms with van der Waals surface area (Å²) in [4.78, 5) is 23.3. The molecule has 1 aromatic carbocycles. The average Bonchev–Trinajstić information content (AvgIpc) is 3.25. The zero-order chi connectivity index (χ0) is 16.9. The van der Waals surface area contributed by atoms with Gasteiger partial charge in [-0.1, -0.05) is 43.2 Å². The molecule has 2 aromatic rings. The molecule has 0 spiro atoms. The van der Waals surface area contributed by atoms with Crippen molar-refractivity contribution in [1.82, 2.24) is 15.1 Å². The van der Waals surface area contributed by atoms with E-state index in [4.69, 9.17) is 5.11 Å². The minimum Gasteiger partial charge on any atom is -0.478 e. The van der Waals surface area contributed by atoms with E-state index in [0.717, 1.165) is 18.4 Å². The van der Waals surface area contributed by atoms with Gasteiger partial charge in [-0.05, 0) is 24.3 Å². The quantitative estimate of drug-likeness (QED) is 0.854. The molecule has 1 unspecified atom stereocenters. The molecule has 1 amide bonds. The molecule has 0 bridgehead atoms. The van der Waals surface area contributed by atoms with E-state index >= 15 is 0 Å². The lowest BCUT2D eigenvalue weighted by Crippen LogP contribution is -2.35. The number of nitrogens with zero attached hydrogens (tertiary/aromatic N) is 2. The Kier molecular flexibility index (Phi) is 4.93. The van der Waals surface area contributed by atoms with Crippen molar-refractivity contribution < 1.29 is 14.7 Å². The van der Waals surface area contributed by atoms with Crippen LogP contribution in [0.3, 0.4) is 0 Å². The number of carbonyl (C=O) groups excluding carboxylic acids is 1. The summed E-state index contributed by atoms with van der Waals surface area (Å²) in [5.74, 6) is -0.755. The summed E-state index contributed by atoms with van der Waals surface area (Å²) >= 11 is 0. The van der Waals surface area contributed by atoms with Gasteiger partial charge in [0, 0.05) is 6.20 Å². The van der Waals surface area contributed by atoms with Crippen LogP contribution >= 0.6 is 0 Å². The van der Waals surface area contributed by atoms with E-state index in [2.05, 4.69) is 10.4 Å². The van der Waals surface area contributed by atoms with Crippen molar-refractivity contribution in [2.75, 3.05) is 0 Å². The van der Waals surface area contributed by atoms with E-state index in [1.807, 2.05) is 30.3 Å². The van der Waals surface area contributed by atoms with Crippen LogP contribution in [0.1, 0.15) is 47.6 Å². The molecule has 1 aromatic heterocycles. The second-order valence-corrected chi connectivity index (χ2v) is 6.23. The number of aromatic carboxylic acids is 1. The van der Waals surface area contributed by atoms with Crippen LogP contribution in [-0.4, -0.2) is 26.8 Å². The first kappa shape index (κ1) is 16.2. The number of rotatable bonds is 6. The highest BCUT2D eigenvalue weighted by Crippen LogP contribution is 2.35. The Bertz CT molecular complexity index is 705. The number of nitrogens with one attached hydrogen (secondary N) is 1. The summed E-state index contributed by atoms with van der Waals surface area (Å²) in [6.45, 7) is 0.0172. The molecule has 1 aliphatic carbocycles. The van der Waals surface area contributed by atoms with Crippen molar-refractivity contribution in [3.05, 3.63) is 53.9 Å². The van der Waals surface area contributed by atoms with Crippen molar-refractivity contribution in [3.8, 4) is 0 Å². The highest BCUT2D eigenvalue weighted by atomic mass is 16.4. The molecule has 0 saturated heterocycles. The molecule has 6 nitrogen and oxygen atoms in total. The second kappa shape index (κ2) is 7.29. The molecular formula is C18H21N3O3. The van der Waals surface area contributed by atoms with Crippen LogP contribution in [0.15, 0.2) is 42.7 Å². The first-order chi connectivity index (χ1) is 11.6. The minimum atomic E-state index is -1.05. The molecule has 126 valence electrons. The van der Waals surface area contributed by atoms with E-state index in [-0.39, 0.29) is 24.1 Å². The Morgan fingerprint density at radius 2 is 1.96 bits per heavy atom. The van der Waals surface area contributed by atoms with Gasteiger partial charge in [0.2, 0.25) is 5.91 Å². The van der Waals surface area contributed by atoms with Gasteiger partial charge < -0.3 is 10.4 Å². The van der Waals surface area contributed by atoms with Gasteiger partial charge in [-0.2, -0.15) is 5.10 Å². The number of hydrogen-bond donors (Lipinski definition) is 2. The fourth-order valence-electron chi connectivity index (χ4n) is 3.35. The largest absolute Gasteiger partial charge is 0.478 e. The van der Waals surface area contributed by atoms with Crippen LogP contribution in [0.4, 0.5) is 0 Å². The molecule has 0 aliphatic heterocycles. The summed E-state index contributed by atoms with van der Waals surface area (Å²) in [5.41, 5.74) is 1.20. The first-order valence-electron chi connectivity index (χ1n) is 8.23. The standard InChI is InChI=1S/C18H21N3O3/c22-16(12-21-11-15(10-19-21)18(23)24)20-17(14-8-4-5-9-14)13-6-2-1-3-7-13/h1-3,6-7,10-11,14,17H,4-5,8-9,12H2,(H,20,22)(H,23,24). The topological polar surface area (TPSA) is 84.2 Å². The molecule has 1 fully saturated rings. The van der Waals surface area contributed by atoms with E-state index in [0.29, 0.717) is 5.92 Å². The smallest absolute Gasteiger partial charge is 0.338 e. The number of carbonyl (C=O) groups is 2. The van der Waals surface area contributed by atoms with Gasteiger partial charge in [-0.3, -0.25) is 9.48 Å². The van der Waals surface area contributed by atoms with Gasteiger partial charge in [-0.25, -0.2) is 4.79 Å². The minimum absolute atomic E-state index is 0.00398. The molecule has 3 rings (SSSR count). The molecular weight excluding hydrogens is 306 g/mol. The van der Waals surface area contributed by atoms with Crippen molar-refractivity contribution >= 4 is 11.9 Å². The lowest BCUT2D eigenvalue weighted by molar-refractivity contribution is -0.123. The number of aromatic nitrogens is 2. The maximum atomic E-state index is 12.4. The third kappa shape index (κ3) is 3.82. The first-order valence-corrected chi connectivity index (χ1v) is 8.23. The maximum absolute atomic E-state index is 12.4. The zero-order valence-corrected chi connectivity index (χ0v) is 13.4. The maximum Gasteiger partial charge on any atom is 0.338 e. The van der Waals surface area contributed by atoms with Crippen molar-refractivity contribution in [2.45, 2.75) is 38.3 Å². The van der Waals surface area contributed by atoms with Crippen molar-refractivity contribution in [1.29, 1.82) is 0 Å². The number of amides is 1. The number of hydrogen-bond acceptors (Lipinski definition) is 3. The van der Waals surface area contributed by atoms with Crippen LogP contribution in [0.25, 0.3) is 0 Å². The molecule has 1 atom stereocenters. The fourth-order valence-corrected chi connectivity index (χ4v) is 3.35. The van der Waals surface area contributed by atoms with E-state index < -0.39 is 5.97 Å². The Morgan fingerprint density at radius 3 is 2.58 bits per heavy atom. The van der Waals surface area contributed by atoms with Crippen LogP contribution in [-0.2, 0) is 11.3 Å². The second-order valence-electron chi connectivity index (χ2n) is 6.23. The van der Waals surface area contributed by atoms with Gasteiger partial charge >= 0.3 is 5.97 Å². The van der Waals surface area contributed by atoms with Gasteiger partial charge in [0.1, 0.15) is 6.54 Å². The summed E-state index contributed by atoms with van der Waals surface area (Å²) in [6, 6.07) is 10.0. The average molecular weight is 327 g/mol. The molecule has 1 aliphatic rings. The lowest BCUT2D eigenvalue weighted by atomic mass is 9.91. The highest BCUT2D eigenvalue weighted by molar-refractivity contribution is 5.87. The summed E-state index contributed by atoms with van der Waals surface area (Å²) < 4.78 is 1.36. The number of carboxylic acids is 1. The predicted octanol–water partition coefficient (Wildman–Crippen LogP) is 2.63. The lowest BCUT2D eigenvalue weighted by Gasteiger charge is -2.25. The molecule has 2 N–H and O–H groups in total. The van der Waals surface area contributed by atoms with Crippen molar-refractivity contribution in [2.24, 2.45) is 5.92 Å². The Labute approximate surface area is 140 Å². The molecule has 1 heterocycles. The Hall–Kier alpha value is -2.63. The normalized spacial score (nSPS) is 16.0. The third-order valence-corrected chi connectivity index (χ3v) is 4.53. The van der Waals surface area contributed by atoms with Gasteiger partial charge in [-0.15, -0.1) is 0 Å². The zero-order valence-electron chi connectivity index (χ0n) is 13.4. The van der Waals surface area contributed by atoms with Crippen LogP contribution < -0.4 is 5.32 Å². The third-order valence-electron chi connectivity index (χ3n) is 4.53. The van der Waals surface area contributed by atoms with E-state index in [1.54, 1.807) is 0 Å². The molecule has 6 heteroatoms.